The van der Waals surface area contributed by atoms with Crippen molar-refractivity contribution in [1.29, 1.82) is 0 Å². The van der Waals surface area contributed by atoms with Crippen molar-refractivity contribution in [3.05, 3.63) is 81.2 Å². The zero-order valence-corrected chi connectivity index (χ0v) is 22.2. The van der Waals surface area contributed by atoms with E-state index in [0.717, 1.165) is 42.6 Å². The summed E-state index contributed by atoms with van der Waals surface area (Å²) in [5.41, 5.74) is 1.75. The zero-order chi connectivity index (χ0) is 25.5. The Hall–Kier alpha value is -2.48. The van der Waals surface area contributed by atoms with Gasteiger partial charge in [0, 0.05) is 12.0 Å². The second-order valence-corrected chi connectivity index (χ2v) is 12.4. The lowest BCUT2D eigenvalue weighted by Gasteiger charge is -2.44. The van der Waals surface area contributed by atoms with Gasteiger partial charge in [-0.3, -0.25) is 4.79 Å². The van der Waals surface area contributed by atoms with Crippen molar-refractivity contribution >= 4 is 38.9 Å². The molecule has 190 valence electrons. The van der Waals surface area contributed by atoms with Gasteiger partial charge in [0.05, 0.1) is 16.1 Å². The Bertz CT molecular complexity index is 1390. The van der Waals surface area contributed by atoms with Crippen LogP contribution in [-0.4, -0.2) is 19.9 Å². The molecule has 1 spiro atoms. The molecule has 2 aromatic carbocycles. The quantitative estimate of drug-likeness (QED) is 0.378. The van der Waals surface area contributed by atoms with Gasteiger partial charge in [0.25, 0.3) is 5.91 Å². The molecule has 1 amide bonds. The second kappa shape index (κ2) is 9.77. The van der Waals surface area contributed by atoms with Crippen LogP contribution in [0.2, 0.25) is 10.0 Å². The highest BCUT2D eigenvalue weighted by Gasteiger charge is 2.42. The number of hydrogen-bond acceptors (Lipinski definition) is 5. The number of hydrogen-bond donors (Lipinski definition) is 1. The van der Waals surface area contributed by atoms with Crippen molar-refractivity contribution in [1.82, 2.24) is 5.32 Å². The van der Waals surface area contributed by atoms with E-state index < -0.39 is 21.5 Å². The van der Waals surface area contributed by atoms with Gasteiger partial charge in [-0.1, -0.05) is 53.4 Å². The first-order valence-electron chi connectivity index (χ1n) is 12.0. The number of carbonyl (C=O) groups is 1. The number of nitrogens with one attached hydrogen (secondary N) is 1. The number of carbonyl (C=O) groups excluding carboxylic acids is 1. The molecule has 9 heteroatoms. The zero-order valence-electron chi connectivity index (χ0n) is 19.9. The molecular weight excluding hydrogens is 521 g/mol. The topological polar surface area (TPSA) is 85.6 Å². The predicted molar refractivity (Wildman–Crippen MR) is 139 cm³/mol. The fraction of sp³-hybridized carbons (Fsp3) is 0.370. The number of halogens is 2. The molecule has 1 saturated carbocycles. The van der Waals surface area contributed by atoms with Crippen molar-refractivity contribution in [3.8, 4) is 5.75 Å². The Kier molecular flexibility index (Phi) is 6.83. The van der Waals surface area contributed by atoms with Crippen LogP contribution in [0.15, 0.2) is 57.8 Å². The standard InChI is InChI=1S/C27H27Cl2NO5S/c1-17-8-10-23-19(14-17)22(15-27(35-23)12-3-2-4-13-27)30-26(31)24-11-9-18(34-24)16-36(32,33)25-20(28)6-5-7-21(25)29/h5-11,14,22H,2-4,12-13,15-16H2,1H3,(H,30,31)/t22-/m1/s1. The molecule has 1 aliphatic heterocycles. The molecule has 0 bridgehead atoms. The maximum absolute atomic E-state index is 13.2. The number of benzene rings is 2. The number of aryl methyl sites for hydroxylation is 1. The van der Waals surface area contributed by atoms with Crippen LogP contribution in [0.25, 0.3) is 0 Å². The summed E-state index contributed by atoms with van der Waals surface area (Å²) in [7, 11) is -3.88. The molecule has 5 rings (SSSR count). The SMILES string of the molecule is Cc1ccc2c(c1)[C@H](NC(=O)c1ccc(CS(=O)(=O)c3c(Cl)cccc3Cl)o1)CC1(CCCCC1)O2. The average Bonchev–Trinajstić information content (AvgIpc) is 3.28. The molecule has 1 N–H and O–H groups in total. The van der Waals surface area contributed by atoms with Crippen LogP contribution in [0, 0.1) is 6.92 Å². The summed E-state index contributed by atoms with van der Waals surface area (Å²) in [6.45, 7) is 2.01. The van der Waals surface area contributed by atoms with Gasteiger partial charge in [-0.05, 0) is 62.9 Å². The highest BCUT2D eigenvalue weighted by atomic mass is 35.5. The lowest BCUT2D eigenvalue weighted by molar-refractivity contribution is -0.00227. The maximum Gasteiger partial charge on any atom is 0.287 e. The predicted octanol–water partition coefficient (Wildman–Crippen LogP) is 6.83. The molecule has 1 aliphatic carbocycles. The fourth-order valence-electron chi connectivity index (χ4n) is 5.27. The number of fused-ring (bicyclic) bond motifs is 1. The van der Waals surface area contributed by atoms with Crippen LogP contribution in [0.3, 0.4) is 0 Å². The second-order valence-electron chi connectivity index (χ2n) is 9.69. The summed E-state index contributed by atoms with van der Waals surface area (Å²) < 4.78 is 38.0. The Labute approximate surface area is 220 Å². The lowest BCUT2D eigenvalue weighted by atomic mass is 9.77. The van der Waals surface area contributed by atoms with E-state index in [9.17, 15) is 13.2 Å². The first-order chi connectivity index (χ1) is 17.2. The summed E-state index contributed by atoms with van der Waals surface area (Å²) >= 11 is 12.2. The summed E-state index contributed by atoms with van der Waals surface area (Å²) in [4.78, 5) is 13.0. The molecule has 0 unspecified atom stereocenters. The first-order valence-corrected chi connectivity index (χ1v) is 14.4. The summed E-state index contributed by atoms with van der Waals surface area (Å²) in [6, 6.07) is 13.3. The van der Waals surface area contributed by atoms with Crippen LogP contribution < -0.4 is 10.1 Å². The Morgan fingerprint density at radius 2 is 1.78 bits per heavy atom. The number of ether oxygens (including phenoxy) is 1. The molecule has 0 radical (unpaired) electrons. The minimum Gasteiger partial charge on any atom is -0.487 e. The minimum absolute atomic E-state index is 0.0390. The van der Waals surface area contributed by atoms with E-state index in [4.69, 9.17) is 32.4 Å². The Morgan fingerprint density at radius 1 is 1.06 bits per heavy atom. The largest absolute Gasteiger partial charge is 0.487 e. The molecule has 1 atom stereocenters. The Balaban J connectivity index is 1.36. The van der Waals surface area contributed by atoms with Crippen LogP contribution in [0.4, 0.5) is 0 Å². The molecule has 0 saturated heterocycles. The monoisotopic (exact) mass is 547 g/mol. The van der Waals surface area contributed by atoms with E-state index in [2.05, 4.69) is 5.32 Å². The fourth-order valence-corrected chi connectivity index (χ4v) is 7.77. The van der Waals surface area contributed by atoms with Crippen molar-refractivity contribution in [3.63, 3.8) is 0 Å². The highest BCUT2D eigenvalue weighted by Crippen LogP contribution is 2.46. The summed E-state index contributed by atoms with van der Waals surface area (Å²) in [5.74, 6) is 0.111. The average molecular weight is 548 g/mol. The molecule has 36 heavy (non-hydrogen) atoms. The maximum atomic E-state index is 13.2. The van der Waals surface area contributed by atoms with E-state index >= 15 is 0 Å². The molecule has 2 heterocycles. The van der Waals surface area contributed by atoms with Crippen molar-refractivity contribution in [2.24, 2.45) is 0 Å². The molecule has 1 aromatic heterocycles. The van der Waals surface area contributed by atoms with Crippen LogP contribution in [-0.2, 0) is 15.6 Å². The van der Waals surface area contributed by atoms with E-state index in [1.165, 1.54) is 30.7 Å². The van der Waals surface area contributed by atoms with E-state index in [0.29, 0.717) is 6.42 Å². The number of furan rings is 1. The van der Waals surface area contributed by atoms with E-state index in [1.807, 2.05) is 25.1 Å². The first kappa shape index (κ1) is 25.2. The van der Waals surface area contributed by atoms with Gasteiger partial charge in [0.2, 0.25) is 0 Å². The Morgan fingerprint density at radius 3 is 2.50 bits per heavy atom. The van der Waals surface area contributed by atoms with E-state index in [-0.39, 0.29) is 38.1 Å². The third-order valence-electron chi connectivity index (χ3n) is 6.96. The number of rotatable bonds is 5. The van der Waals surface area contributed by atoms with Crippen LogP contribution in [0.1, 0.15) is 72.0 Å². The number of amides is 1. The molecule has 3 aromatic rings. The molecule has 2 aliphatic rings. The third-order valence-corrected chi connectivity index (χ3v) is 9.54. The smallest absolute Gasteiger partial charge is 0.287 e. The minimum atomic E-state index is -3.88. The lowest BCUT2D eigenvalue weighted by Crippen LogP contribution is -2.46. The molecule has 1 fully saturated rings. The molecule has 6 nitrogen and oxygen atoms in total. The van der Waals surface area contributed by atoms with Crippen molar-refractivity contribution in [2.75, 3.05) is 0 Å². The van der Waals surface area contributed by atoms with Crippen LogP contribution in [0.5, 0.6) is 5.75 Å². The summed E-state index contributed by atoms with van der Waals surface area (Å²) in [5, 5.41) is 3.19. The van der Waals surface area contributed by atoms with Gasteiger partial charge < -0.3 is 14.5 Å². The van der Waals surface area contributed by atoms with Crippen molar-refractivity contribution < 1.29 is 22.4 Å². The van der Waals surface area contributed by atoms with Gasteiger partial charge >= 0.3 is 0 Å². The van der Waals surface area contributed by atoms with Gasteiger partial charge in [0.1, 0.15) is 27.8 Å². The van der Waals surface area contributed by atoms with E-state index in [1.54, 1.807) is 6.07 Å². The van der Waals surface area contributed by atoms with Crippen LogP contribution >= 0.6 is 23.2 Å². The highest BCUT2D eigenvalue weighted by molar-refractivity contribution is 7.90. The molecular formula is C27H27Cl2NO5S. The van der Waals surface area contributed by atoms with Gasteiger partial charge in [-0.25, -0.2) is 8.42 Å². The third kappa shape index (κ3) is 5.01. The number of sulfone groups is 1. The van der Waals surface area contributed by atoms with Gasteiger partial charge in [-0.2, -0.15) is 0 Å². The van der Waals surface area contributed by atoms with Crippen molar-refractivity contribution in [2.45, 2.75) is 67.7 Å². The van der Waals surface area contributed by atoms with Gasteiger partial charge in [-0.15, -0.1) is 0 Å². The normalized spacial score (nSPS) is 18.9. The van der Waals surface area contributed by atoms with Gasteiger partial charge in [0.15, 0.2) is 15.6 Å². The summed E-state index contributed by atoms with van der Waals surface area (Å²) in [6.07, 6.45) is 6.00.